The fourth-order valence-corrected chi connectivity index (χ4v) is 11.3. The Morgan fingerprint density at radius 3 is 2.29 bits per heavy atom. The van der Waals surface area contributed by atoms with Gasteiger partial charge in [-0.05, 0) is 112 Å². The Morgan fingerprint density at radius 1 is 0.985 bits per heavy atom. The lowest BCUT2D eigenvalue weighted by atomic mass is 9.77. The van der Waals surface area contributed by atoms with Crippen molar-refractivity contribution in [1.29, 1.82) is 0 Å². The van der Waals surface area contributed by atoms with Crippen LogP contribution in [0.4, 0.5) is 0 Å². The summed E-state index contributed by atoms with van der Waals surface area (Å²) in [6.07, 6.45) is -3.20. The van der Waals surface area contributed by atoms with Crippen molar-refractivity contribution in [3.8, 4) is 0 Å². The first kappa shape index (κ1) is 56.6. The van der Waals surface area contributed by atoms with Crippen molar-refractivity contribution in [2.75, 3.05) is 47.2 Å². The Bertz CT molecular complexity index is 1880. The van der Waals surface area contributed by atoms with E-state index in [1.165, 1.54) is 11.8 Å². The van der Waals surface area contributed by atoms with Gasteiger partial charge in [0.05, 0.1) is 66.5 Å². The number of carbonyl (C=O) groups is 1. The van der Waals surface area contributed by atoms with Gasteiger partial charge in [0.15, 0.2) is 6.29 Å². The molecule has 0 aliphatic carbocycles. The van der Waals surface area contributed by atoms with E-state index in [9.17, 15) is 30.3 Å². The number of thioether (sulfide) groups is 1. The van der Waals surface area contributed by atoms with Gasteiger partial charge in [0.2, 0.25) is 0 Å². The van der Waals surface area contributed by atoms with E-state index in [1.54, 1.807) is 46.6 Å². The summed E-state index contributed by atoms with van der Waals surface area (Å²) in [5.41, 5.74) is -2.37. The number of aromatic nitrogens is 3. The Kier molecular flexibility index (Phi) is 19.9. The zero-order valence-corrected chi connectivity index (χ0v) is 44.0. The SMILES string of the molecule is CC[C@H]1OC(=O)[C@H](C)[C@@H](OC[C@H]2C[C@@](C)(OC)[C@@H](O)[C@H](C)O2)[C@H](C)[C@@H](O[C@@H]2O[C@H](C)C[C@H](N(C)CCc3cn(Cc4ccc(SC)cc4)nn3)[C@H]2O)[C@](C)(O)C[C@@H](C)CN(C)[C@H](C)[C@@H](O)[C@]1(C)O. The first-order chi connectivity index (χ1) is 31.8. The molecule has 0 spiro atoms. The monoisotopic (exact) mass is 980 g/mol. The zero-order valence-electron chi connectivity index (χ0n) is 43.1. The maximum Gasteiger partial charge on any atom is 0.311 e. The van der Waals surface area contributed by atoms with E-state index < -0.39 is 95.8 Å². The summed E-state index contributed by atoms with van der Waals surface area (Å²) in [6.45, 7) is 19.5. The molecule has 18 atom stereocenters. The number of methoxy groups -OCH3 is 1. The maximum absolute atomic E-state index is 14.4. The number of benzene rings is 1. The molecule has 1 aromatic carbocycles. The molecule has 5 rings (SSSR count). The third kappa shape index (κ3) is 13.6. The lowest BCUT2D eigenvalue weighted by Crippen LogP contribution is -2.60. The number of esters is 1. The summed E-state index contributed by atoms with van der Waals surface area (Å²) in [4.78, 5) is 19.6. The molecule has 18 heteroatoms. The molecule has 0 unspecified atom stereocenters. The Morgan fingerprint density at radius 2 is 1.66 bits per heavy atom. The third-order valence-electron chi connectivity index (χ3n) is 15.2. The minimum absolute atomic E-state index is 0.00461. The maximum atomic E-state index is 14.4. The van der Waals surface area contributed by atoms with E-state index >= 15 is 0 Å². The molecular formula is C50H85N5O12S. The number of hydrogen-bond donors (Lipinski definition) is 5. The van der Waals surface area contributed by atoms with Gasteiger partial charge in [-0.25, -0.2) is 4.68 Å². The minimum Gasteiger partial charge on any atom is -0.459 e. The molecule has 388 valence electrons. The molecule has 2 aromatic rings. The number of hydrogen-bond acceptors (Lipinski definition) is 17. The third-order valence-corrected chi connectivity index (χ3v) is 15.9. The van der Waals surface area contributed by atoms with Crippen molar-refractivity contribution in [1.82, 2.24) is 24.8 Å². The van der Waals surface area contributed by atoms with Crippen LogP contribution in [0.25, 0.3) is 0 Å². The largest absolute Gasteiger partial charge is 0.459 e. The van der Waals surface area contributed by atoms with Crippen LogP contribution in [0.5, 0.6) is 0 Å². The molecule has 0 saturated carbocycles. The van der Waals surface area contributed by atoms with Crippen molar-refractivity contribution < 1.29 is 58.7 Å². The standard InChI is InChI=1S/C50H85N5O12S/c1-15-40-50(10,61)43(57)33(6)54(12)25-29(2)23-48(8,60)45(31(4)42(32(5)46(59)66-40)63-28-37-24-49(9,62-13)44(58)34(7)65-37)67-47-41(56)39(22-30(3)64-47)53(11)21-20-36-27-55(52-51-36)26-35-16-18-38(68-14)19-17-35/h16-19,27,29-34,37,39-45,47,56-58,60-61H,15,20-26,28H2,1-14H3/t29-,30-,31+,32-,33-,34+,37-,39+,40-,41-,42+,43-,44+,45-,47+,48-,49-,50-/m1/s1. The van der Waals surface area contributed by atoms with E-state index in [0.29, 0.717) is 38.9 Å². The van der Waals surface area contributed by atoms with Crippen molar-refractivity contribution >= 4 is 17.7 Å². The van der Waals surface area contributed by atoms with Crippen LogP contribution in [0, 0.1) is 17.8 Å². The highest BCUT2D eigenvalue weighted by Gasteiger charge is 2.51. The number of ether oxygens (including phenoxy) is 6. The fraction of sp³-hybridized carbons (Fsp3) is 0.820. The summed E-state index contributed by atoms with van der Waals surface area (Å²) in [5, 5.41) is 68.3. The minimum atomic E-state index is -1.81. The van der Waals surface area contributed by atoms with Crippen LogP contribution in [0.2, 0.25) is 0 Å². The molecule has 3 fully saturated rings. The Balaban J connectivity index is 1.43. The number of carbonyl (C=O) groups excluding carboxylic acids is 1. The van der Waals surface area contributed by atoms with Gasteiger partial charge in [-0.2, -0.15) is 0 Å². The molecule has 5 N–H and O–H groups in total. The van der Waals surface area contributed by atoms with Crippen LogP contribution in [0.15, 0.2) is 35.4 Å². The quantitative estimate of drug-likeness (QED) is 0.134. The highest BCUT2D eigenvalue weighted by molar-refractivity contribution is 7.98. The molecule has 4 heterocycles. The van der Waals surface area contributed by atoms with Crippen LogP contribution in [0.3, 0.4) is 0 Å². The van der Waals surface area contributed by atoms with Gasteiger partial charge in [0.1, 0.15) is 30.0 Å². The average molecular weight is 980 g/mol. The molecule has 0 bridgehead atoms. The fourth-order valence-electron chi connectivity index (χ4n) is 10.9. The van der Waals surface area contributed by atoms with Crippen molar-refractivity contribution in [3.05, 3.63) is 41.7 Å². The molecule has 68 heavy (non-hydrogen) atoms. The first-order valence-electron chi connectivity index (χ1n) is 24.6. The second-order valence-electron chi connectivity index (χ2n) is 21.1. The van der Waals surface area contributed by atoms with Crippen molar-refractivity contribution in [2.45, 2.75) is 203 Å². The predicted octanol–water partition coefficient (Wildman–Crippen LogP) is 3.92. The molecule has 1 aromatic heterocycles. The van der Waals surface area contributed by atoms with Crippen molar-refractivity contribution in [2.24, 2.45) is 17.8 Å². The molecule has 3 aliphatic rings. The van der Waals surface area contributed by atoms with E-state index in [-0.39, 0.29) is 37.5 Å². The predicted molar refractivity (Wildman–Crippen MR) is 259 cm³/mol. The van der Waals surface area contributed by atoms with Gasteiger partial charge in [-0.15, -0.1) is 16.9 Å². The van der Waals surface area contributed by atoms with Gasteiger partial charge < -0.3 is 63.8 Å². The van der Waals surface area contributed by atoms with Gasteiger partial charge >= 0.3 is 5.97 Å². The number of likely N-dealkylation sites (N-methyl/N-ethyl adjacent to an activating group) is 2. The summed E-state index contributed by atoms with van der Waals surface area (Å²) in [6, 6.07) is 7.44. The molecular weight excluding hydrogens is 895 g/mol. The normalized spacial score (nSPS) is 40.7. The van der Waals surface area contributed by atoms with Gasteiger partial charge in [0, 0.05) is 62.1 Å². The highest BCUT2D eigenvalue weighted by Crippen LogP contribution is 2.39. The zero-order chi connectivity index (χ0) is 50.5. The summed E-state index contributed by atoms with van der Waals surface area (Å²) in [7, 11) is 5.35. The number of aliphatic hydroxyl groups excluding tert-OH is 3. The smallest absolute Gasteiger partial charge is 0.311 e. The van der Waals surface area contributed by atoms with E-state index in [2.05, 4.69) is 45.7 Å². The number of cyclic esters (lactones) is 1. The van der Waals surface area contributed by atoms with Gasteiger partial charge in [-0.3, -0.25) is 4.79 Å². The summed E-state index contributed by atoms with van der Waals surface area (Å²) >= 11 is 1.70. The molecule has 3 saturated heterocycles. The average Bonchev–Trinajstić information content (AvgIpc) is 3.74. The van der Waals surface area contributed by atoms with Crippen LogP contribution < -0.4 is 0 Å². The van der Waals surface area contributed by atoms with Crippen molar-refractivity contribution in [3.63, 3.8) is 0 Å². The lowest BCUT2D eigenvalue weighted by molar-refractivity contribution is -0.301. The van der Waals surface area contributed by atoms with E-state index in [4.69, 9.17) is 28.4 Å². The van der Waals surface area contributed by atoms with Gasteiger partial charge in [0.25, 0.3) is 0 Å². The first-order valence-corrected chi connectivity index (χ1v) is 25.8. The van der Waals surface area contributed by atoms with E-state index in [1.807, 2.05) is 64.5 Å². The van der Waals surface area contributed by atoms with Crippen LogP contribution in [-0.2, 0) is 46.2 Å². The molecule has 3 aliphatic heterocycles. The lowest BCUT2D eigenvalue weighted by Gasteiger charge is -2.48. The topological polar surface area (TPSA) is 211 Å². The van der Waals surface area contributed by atoms with Crippen LogP contribution in [0.1, 0.15) is 106 Å². The second kappa shape index (κ2) is 23.9. The summed E-state index contributed by atoms with van der Waals surface area (Å²) in [5.74, 6) is -2.58. The molecule has 17 nitrogen and oxygen atoms in total. The highest BCUT2D eigenvalue weighted by atomic mass is 32.2. The number of rotatable bonds is 14. The Labute approximate surface area is 409 Å². The molecule has 0 amide bonds. The number of nitrogens with zero attached hydrogens (tertiary/aromatic N) is 5. The Hall–Kier alpha value is -2.30. The van der Waals surface area contributed by atoms with E-state index in [0.717, 1.165) is 11.3 Å². The van der Waals surface area contributed by atoms with Crippen LogP contribution in [-0.4, -0.2) is 194 Å². The molecule has 0 radical (unpaired) electrons. The van der Waals surface area contributed by atoms with Gasteiger partial charge in [-0.1, -0.05) is 38.1 Å². The second-order valence-corrected chi connectivity index (χ2v) is 22.0. The van der Waals surface area contributed by atoms with Crippen LogP contribution >= 0.6 is 11.8 Å². The summed E-state index contributed by atoms with van der Waals surface area (Å²) < 4.78 is 40.0. The number of aliphatic hydroxyl groups is 5.